The fraction of sp³-hybridized carbons (Fsp3) is 0.688. The fourth-order valence-electron chi connectivity index (χ4n) is 2.25. The molecule has 0 aliphatic heterocycles. The number of aromatic nitrogens is 2. The second-order valence-corrected chi connectivity index (χ2v) is 5.88. The Hall–Kier alpha value is -2.05. The Kier molecular flexibility index (Phi) is 8.15. The number of urea groups is 1. The Morgan fingerprint density at radius 1 is 1.30 bits per heavy atom. The molecule has 1 rings (SSSR count). The highest BCUT2D eigenvalue weighted by Gasteiger charge is 2.09. The van der Waals surface area contributed by atoms with Crippen molar-refractivity contribution in [3.05, 3.63) is 17.5 Å². The summed E-state index contributed by atoms with van der Waals surface area (Å²) in [6.07, 6.45) is 1.85. The molecule has 0 saturated carbocycles. The van der Waals surface area contributed by atoms with Crippen LogP contribution in [-0.4, -0.2) is 42.0 Å². The zero-order valence-corrected chi connectivity index (χ0v) is 14.5. The van der Waals surface area contributed by atoms with Gasteiger partial charge in [-0.2, -0.15) is 5.10 Å². The van der Waals surface area contributed by atoms with Gasteiger partial charge < -0.3 is 15.4 Å². The van der Waals surface area contributed by atoms with Crippen molar-refractivity contribution in [2.24, 2.45) is 5.92 Å². The summed E-state index contributed by atoms with van der Waals surface area (Å²) in [5, 5.41) is 10.1. The molecule has 1 atom stereocenters. The summed E-state index contributed by atoms with van der Waals surface area (Å²) in [7, 11) is 1.38. The van der Waals surface area contributed by atoms with E-state index in [-0.39, 0.29) is 17.9 Å². The number of nitrogens with one attached hydrogen (secondary N) is 2. The van der Waals surface area contributed by atoms with Crippen LogP contribution in [0.15, 0.2) is 6.07 Å². The molecular formula is C16H28N4O3. The molecule has 1 aromatic rings. The summed E-state index contributed by atoms with van der Waals surface area (Å²) in [6.45, 7) is 7.99. The first-order valence-corrected chi connectivity index (χ1v) is 8.02. The number of hydrogen-bond acceptors (Lipinski definition) is 4. The van der Waals surface area contributed by atoms with E-state index in [1.807, 2.05) is 24.6 Å². The first kappa shape index (κ1) is 19.0. The van der Waals surface area contributed by atoms with Crippen LogP contribution in [0.25, 0.3) is 0 Å². The molecule has 0 aliphatic carbocycles. The van der Waals surface area contributed by atoms with Crippen LogP contribution >= 0.6 is 0 Å². The number of carbonyl (C=O) groups excluding carboxylic acids is 2. The van der Waals surface area contributed by atoms with Gasteiger partial charge in [-0.05, 0) is 38.7 Å². The average molecular weight is 324 g/mol. The van der Waals surface area contributed by atoms with Crippen molar-refractivity contribution >= 4 is 12.0 Å². The van der Waals surface area contributed by atoms with E-state index in [9.17, 15) is 9.59 Å². The molecule has 0 unspecified atom stereocenters. The minimum atomic E-state index is -0.215. The number of esters is 1. The highest BCUT2D eigenvalue weighted by molar-refractivity contribution is 5.73. The van der Waals surface area contributed by atoms with E-state index in [2.05, 4.69) is 27.4 Å². The van der Waals surface area contributed by atoms with Crippen molar-refractivity contribution in [2.45, 2.75) is 46.6 Å². The van der Waals surface area contributed by atoms with Crippen LogP contribution in [0, 0.1) is 19.8 Å². The molecule has 0 bridgehead atoms. The maximum atomic E-state index is 11.7. The number of rotatable bonds is 9. The topological polar surface area (TPSA) is 85.2 Å². The highest BCUT2D eigenvalue weighted by atomic mass is 16.5. The van der Waals surface area contributed by atoms with E-state index < -0.39 is 0 Å². The lowest BCUT2D eigenvalue weighted by molar-refractivity contribution is -0.140. The standard InChI is InChI=1S/C16H28N4O3/c1-12(11-20-14(3)9-13(2)19-20)10-18-16(22)17-8-6-5-7-15(21)23-4/h9,12H,5-8,10-11H2,1-4H3,(H2,17,18,22)/t12-/m0/s1. The molecule has 0 saturated heterocycles. The van der Waals surface area contributed by atoms with Crippen LogP contribution in [0.1, 0.15) is 37.6 Å². The first-order valence-electron chi connectivity index (χ1n) is 8.02. The SMILES string of the molecule is COC(=O)CCCCNC(=O)NC[C@H](C)Cn1nc(C)cc1C. The molecule has 7 nitrogen and oxygen atoms in total. The number of nitrogens with zero attached hydrogens (tertiary/aromatic N) is 2. The normalized spacial score (nSPS) is 11.8. The van der Waals surface area contributed by atoms with Gasteiger partial charge in [-0.1, -0.05) is 6.92 Å². The molecular weight excluding hydrogens is 296 g/mol. The van der Waals surface area contributed by atoms with E-state index in [0.717, 1.165) is 24.4 Å². The summed E-state index contributed by atoms with van der Waals surface area (Å²) in [6, 6.07) is 1.87. The third-order valence-electron chi connectivity index (χ3n) is 3.52. The van der Waals surface area contributed by atoms with Gasteiger partial charge in [0.05, 0.1) is 12.8 Å². The summed E-state index contributed by atoms with van der Waals surface area (Å²) in [4.78, 5) is 22.6. The van der Waals surface area contributed by atoms with E-state index in [4.69, 9.17) is 0 Å². The second-order valence-electron chi connectivity index (χ2n) is 5.88. The summed E-state index contributed by atoms with van der Waals surface area (Å²) in [5.41, 5.74) is 2.14. The number of ether oxygens (including phenoxy) is 1. The average Bonchev–Trinajstić information content (AvgIpc) is 2.82. The molecule has 0 spiro atoms. The van der Waals surface area contributed by atoms with Crippen LogP contribution in [0.2, 0.25) is 0 Å². The van der Waals surface area contributed by atoms with Crippen molar-refractivity contribution in [3.8, 4) is 0 Å². The van der Waals surface area contributed by atoms with Gasteiger partial charge >= 0.3 is 12.0 Å². The minimum Gasteiger partial charge on any atom is -0.469 e. The van der Waals surface area contributed by atoms with Crippen molar-refractivity contribution in [2.75, 3.05) is 20.2 Å². The summed E-state index contributed by atoms with van der Waals surface area (Å²) in [5.74, 6) is 0.0745. The molecule has 0 fully saturated rings. The van der Waals surface area contributed by atoms with Crippen LogP contribution < -0.4 is 10.6 Å². The number of methoxy groups -OCH3 is 1. The molecule has 7 heteroatoms. The van der Waals surface area contributed by atoms with Crippen molar-refractivity contribution in [1.29, 1.82) is 0 Å². The fourth-order valence-corrected chi connectivity index (χ4v) is 2.25. The van der Waals surface area contributed by atoms with Crippen molar-refractivity contribution in [1.82, 2.24) is 20.4 Å². The lowest BCUT2D eigenvalue weighted by Gasteiger charge is -2.14. The molecule has 2 N–H and O–H groups in total. The van der Waals surface area contributed by atoms with Crippen LogP contribution in [-0.2, 0) is 16.1 Å². The number of aryl methyl sites for hydroxylation is 2. The maximum absolute atomic E-state index is 11.7. The monoisotopic (exact) mass is 324 g/mol. The Morgan fingerprint density at radius 3 is 2.65 bits per heavy atom. The van der Waals surface area contributed by atoms with Gasteiger partial charge in [0.1, 0.15) is 0 Å². The highest BCUT2D eigenvalue weighted by Crippen LogP contribution is 2.05. The second kappa shape index (κ2) is 9.86. The molecule has 1 aromatic heterocycles. The lowest BCUT2D eigenvalue weighted by atomic mass is 10.2. The zero-order valence-electron chi connectivity index (χ0n) is 14.5. The van der Waals surface area contributed by atoms with Crippen molar-refractivity contribution in [3.63, 3.8) is 0 Å². The van der Waals surface area contributed by atoms with Gasteiger partial charge in [-0.25, -0.2) is 4.79 Å². The third-order valence-corrected chi connectivity index (χ3v) is 3.52. The Morgan fingerprint density at radius 2 is 2.04 bits per heavy atom. The Labute approximate surface area is 137 Å². The van der Waals surface area contributed by atoms with Crippen LogP contribution in [0.3, 0.4) is 0 Å². The predicted molar refractivity (Wildman–Crippen MR) is 88.1 cm³/mol. The molecule has 1 heterocycles. The molecule has 0 aliphatic rings. The first-order chi connectivity index (χ1) is 10.9. The lowest BCUT2D eigenvalue weighted by Crippen LogP contribution is -2.39. The van der Waals surface area contributed by atoms with Crippen LogP contribution in [0.5, 0.6) is 0 Å². The van der Waals surface area contributed by atoms with Gasteiger partial charge in [-0.15, -0.1) is 0 Å². The van der Waals surface area contributed by atoms with Gasteiger partial charge in [0.15, 0.2) is 0 Å². The summed E-state index contributed by atoms with van der Waals surface area (Å²) < 4.78 is 6.52. The van der Waals surface area contributed by atoms with E-state index in [0.29, 0.717) is 25.9 Å². The minimum absolute atomic E-state index is 0.178. The Bertz CT molecular complexity index is 513. The Balaban J connectivity index is 2.13. The van der Waals surface area contributed by atoms with Gasteiger partial charge in [0.25, 0.3) is 0 Å². The third kappa shape index (κ3) is 7.67. The van der Waals surface area contributed by atoms with Gasteiger partial charge in [0.2, 0.25) is 0 Å². The summed E-state index contributed by atoms with van der Waals surface area (Å²) >= 11 is 0. The van der Waals surface area contributed by atoms with E-state index in [1.54, 1.807) is 0 Å². The maximum Gasteiger partial charge on any atom is 0.314 e. The quantitative estimate of drug-likeness (QED) is 0.535. The van der Waals surface area contributed by atoms with Gasteiger partial charge in [-0.3, -0.25) is 9.48 Å². The molecule has 0 aromatic carbocycles. The van der Waals surface area contributed by atoms with E-state index >= 15 is 0 Å². The number of hydrogen-bond donors (Lipinski definition) is 2. The van der Waals surface area contributed by atoms with Gasteiger partial charge in [0, 0.05) is 31.7 Å². The molecule has 23 heavy (non-hydrogen) atoms. The molecule has 130 valence electrons. The molecule has 2 amide bonds. The number of carbonyl (C=O) groups is 2. The van der Waals surface area contributed by atoms with E-state index in [1.165, 1.54) is 7.11 Å². The molecule has 0 radical (unpaired) electrons. The van der Waals surface area contributed by atoms with Crippen molar-refractivity contribution < 1.29 is 14.3 Å². The number of amides is 2. The smallest absolute Gasteiger partial charge is 0.314 e. The largest absolute Gasteiger partial charge is 0.469 e. The zero-order chi connectivity index (χ0) is 17.2. The van der Waals surface area contributed by atoms with Crippen LogP contribution in [0.4, 0.5) is 4.79 Å². The predicted octanol–water partition coefficient (Wildman–Crippen LogP) is 1.78. The number of unbranched alkanes of at least 4 members (excludes halogenated alkanes) is 1.